The first-order valence-corrected chi connectivity index (χ1v) is 8.52. The van der Waals surface area contributed by atoms with Gasteiger partial charge in [-0.25, -0.2) is 13.9 Å². The molecule has 0 fully saturated rings. The number of amides is 1. The largest absolute Gasteiger partial charge is 0.288 e. The molecule has 1 aromatic carbocycles. The number of hydrogen-bond donors (Lipinski definition) is 2. The van der Waals surface area contributed by atoms with Gasteiger partial charge >= 0.3 is 0 Å². The van der Waals surface area contributed by atoms with E-state index in [9.17, 15) is 13.2 Å². The van der Waals surface area contributed by atoms with Crippen molar-refractivity contribution in [2.24, 2.45) is 0 Å². The first kappa shape index (κ1) is 16.2. The molecule has 0 aliphatic heterocycles. The Hall–Kier alpha value is -2.16. The predicted octanol–water partition coefficient (Wildman–Crippen LogP) is 2.09. The van der Waals surface area contributed by atoms with Crippen molar-refractivity contribution in [1.29, 1.82) is 0 Å². The summed E-state index contributed by atoms with van der Waals surface area (Å²) in [5.74, 6) is -0.662. The summed E-state index contributed by atoms with van der Waals surface area (Å²) in [4.78, 5) is 11.0. The fraction of sp³-hybridized carbons (Fsp3) is 0.0714. The number of hydroxylamine groups is 1. The van der Waals surface area contributed by atoms with E-state index in [1.165, 1.54) is 22.9 Å². The van der Waals surface area contributed by atoms with Gasteiger partial charge in [0.2, 0.25) is 0 Å². The first-order chi connectivity index (χ1) is 10.4. The van der Waals surface area contributed by atoms with Gasteiger partial charge in [-0.1, -0.05) is 18.2 Å². The summed E-state index contributed by atoms with van der Waals surface area (Å²) < 4.78 is 26.3. The van der Waals surface area contributed by atoms with E-state index in [2.05, 4.69) is 0 Å². The maximum Gasteiger partial charge on any atom is 0.273 e. The topological polar surface area (TPSA) is 86.7 Å². The van der Waals surface area contributed by atoms with Gasteiger partial charge in [0.25, 0.3) is 15.9 Å². The van der Waals surface area contributed by atoms with Gasteiger partial charge < -0.3 is 0 Å². The highest BCUT2D eigenvalue weighted by molar-refractivity contribution is 7.94. The molecule has 22 heavy (non-hydrogen) atoms. The van der Waals surface area contributed by atoms with E-state index < -0.39 is 15.9 Å². The van der Waals surface area contributed by atoms with Gasteiger partial charge in [-0.15, -0.1) is 11.3 Å². The van der Waals surface area contributed by atoms with Crippen LogP contribution in [0, 0.1) is 0 Å². The van der Waals surface area contributed by atoms with Crippen LogP contribution in [0.1, 0.15) is 5.56 Å². The Morgan fingerprint density at radius 1 is 1.32 bits per heavy atom. The highest BCUT2D eigenvalue weighted by Crippen LogP contribution is 2.25. The Morgan fingerprint density at radius 2 is 2.09 bits per heavy atom. The Kier molecular flexibility index (Phi) is 4.96. The molecule has 0 saturated carbocycles. The molecule has 8 heteroatoms. The van der Waals surface area contributed by atoms with E-state index in [-0.39, 0.29) is 4.21 Å². The van der Waals surface area contributed by atoms with Crippen molar-refractivity contribution in [2.75, 3.05) is 11.4 Å². The van der Waals surface area contributed by atoms with Crippen LogP contribution >= 0.6 is 11.3 Å². The standard InChI is InChI=1S/C14H14N2O4S2/c1-16(22(19,20)14-6-3-9-21-14)12-5-2-4-11(10-12)7-8-13(17)15-18/h2-10,18H,1H3,(H,15,17)/b8-7+. The minimum absolute atomic E-state index is 0.260. The average Bonchev–Trinajstić information content (AvgIpc) is 3.07. The fourth-order valence-corrected chi connectivity index (χ4v) is 4.07. The number of carbonyl (C=O) groups is 1. The first-order valence-electron chi connectivity index (χ1n) is 6.20. The normalized spacial score (nSPS) is 11.5. The van der Waals surface area contributed by atoms with E-state index in [0.29, 0.717) is 11.3 Å². The molecule has 1 amide bonds. The third kappa shape index (κ3) is 3.53. The molecule has 2 rings (SSSR count). The molecule has 0 aliphatic carbocycles. The highest BCUT2D eigenvalue weighted by Gasteiger charge is 2.22. The van der Waals surface area contributed by atoms with Crippen LogP contribution in [0.25, 0.3) is 6.08 Å². The lowest BCUT2D eigenvalue weighted by Gasteiger charge is -2.18. The minimum Gasteiger partial charge on any atom is -0.288 e. The molecular formula is C14H14N2O4S2. The van der Waals surface area contributed by atoms with E-state index >= 15 is 0 Å². The maximum absolute atomic E-state index is 12.4. The van der Waals surface area contributed by atoms with Crippen molar-refractivity contribution in [2.45, 2.75) is 4.21 Å². The molecule has 1 heterocycles. The summed E-state index contributed by atoms with van der Waals surface area (Å²) in [5.41, 5.74) is 2.59. The van der Waals surface area contributed by atoms with E-state index in [1.807, 2.05) is 0 Å². The SMILES string of the molecule is CN(c1cccc(/C=C/C(=O)NO)c1)S(=O)(=O)c1cccs1. The van der Waals surface area contributed by atoms with Gasteiger partial charge in [0.1, 0.15) is 4.21 Å². The van der Waals surface area contributed by atoms with Gasteiger partial charge in [0.15, 0.2) is 0 Å². The predicted molar refractivity (Wildman–Crippen MR) is 85.3 cm³/mol. The second kappa shape index (κ2) is 6.73. The molecule has 0 bridgehead atoms. The summed E-state index contributed by atoms with van der Waals surface area (Å²) in [6.07, 6.45) is 2.62. The van der Waals surface area contributed by atoms with E-state index in [4.69, 9.17) is 5.21 Å². The molecule has 116 valence electrons. The maximum atomic E-state index is 12.4. The van der Waals surface area contributed by atoms with Crippen molar-refractivity contribution in [1.82, 2.24) is 5.48 Å². The molecular weight excluding hydrogens is 324 g/mol. The summed E-state index contributed by atoms with van der Waals surface area (Å²) in [7, 11) is -2.12. The molecule has 0 atom stereocenters. The number of nitrogens with one attached hydrogen (secondary N) is 1. The summed E-state index contributed by atoms with van der Waals surface area (Å²) in [5, 5.41) is 10.1. The van der Waals surface area contributed by atoms with Crippen LogP contribution in [0.15, 0.2) is 52.1 Å². The number of benzene rings is 1. The van der Waals surface area contributed by atoms with Crippen LogP contribution in [0.5, 0.6) is 0 Å². The van der Waals surface area contributed by atoms with Crippen molar-refractivity contribution < 1.29 is 18.4 Å². The number of anilines is 1. The molecule has 0 aliphatic rings. The van der Waals surface area contributed by atoms with Gasteiger partial charge in [0, 0.05) is 13.1 Å². The fourth-order valence-electron chi connectivity index (χ4n) is 1.72. The molecule has 0 radical (unpaired) electrons. The third-order valence-corrected chi connectivity index (χ3v) is 6.04. The Morgan fingerprint density at radius 3 is 2.73 bits per heavy atom. The van der Waals surface area contributed by atoms with Crippen molar-refractivity contribution in [3.8, 4) is 0 Å². The van der Waals surface area contributed by atoms with Crippen LogP contribution in [0.4, 0.5) is 5.69 Å². The quantitative estimate of drug-likeness (QED) is 0.496. The van der Waals surface area contributed by atoms with Crippen LogP contribution in [-0.4, -0.2) is 26.6 Å². The number of hydrogen-bond acceptors (Lipinski definition) is 5. The lowest BCUT2D eigenvalue weighted by Crippen LogP contribution is -2.25. The molecule has 0 unspecified atom stereocenters. The zero-order valence-electron chi connectivity index (χ0n) is 11.6. The number of rotatable bonds is 5. The third-order valence-electron chi connectivity index (χ3n) is 2.88. The second-order valence-electron chi connectivity index (χ2n) is 4.31. The number of nitrogens with zero attached hydrogens (tertiary/aromatic N) is 1. The van der Waals surface area contributed by atoms with Gasteiger partial charge in [-0.05, 0) is 35.2 Å². The summed E-state index contributed by atoms with van der Waals surface area (Å²) in [6.45, 7) is 0. The molecule has 6 nitrogen and oxygen atoms in total. The Balaban J connectivity index is 2.30. The zero-order valence-corrected chi connectivity index (χ0v) is 13.3. The smallest absolute Gasteiger partial charge is 0.273 e. The lowest BCUT2D eigenvalue weighted by molar-refractivity contribution is -0.124. The van der Waals surface area contributed by atoms with E-state index in [1.54, 1.807) is 41.8 Å². The van der Waals surface area contributed by atoms with Crippen molar-refractivity contribution in [3.05, 3.63) is 53.4 Å². The zero-order chi connectivity index (χ0) is 16.2. The van der Waals surface area contributed by atoms with Gasteiger partial charge in [-0.3, -0.25) is 14.3 Å². The second-order valence-corrected chi connectivity index (χ2v) is 7.45. The van der Waals surface area contributed by atoms with Crippen LogP contribution < -0.4 is 9.79 Å². The molecule has 0 spiro atoms. The van der Waals surface area contributed by atoms with Crippen LogP contribution in [0.2, 0.25) is 0 Å². The summed E-state index contributed by atoms with van der Waals surface area (Å²) in [6, 6.07) is 9.92. The molecule has 0 saturated heterocycles. The van der Waals surface area contributed by atoms with Gasteiger partial charge in [0.05, 0.1) is 5.69 Å². The van der Waals surface area contributed by atoms with Crippen LogP contribution in [-0.2, 0) is 14.8 Å². The lowest BCUT2D eigenvalue weighted by atomic mass is 10.2. The van der Waals surface area contributed by atoms with E-state index in [0.717, 1.165) is 17.4 Å². The number of sulfonamides is 1. The highest BCUT2D eigenvalue weighted by atomic mass is 32.2. The number of carbonyl (C=O) groups excluding carboxylic acids is 1. The van der Waals surface area contributed by atoms with Crippen molar-refractivity contribution in [3.63, 3.8) is 0 Å². The Bertz CT molecular complexity index is 783. The minimum atomic E-state index is -3.59. The monoisotopic (exact) mass is 338 g/mol. The summed E-state index contributed by atoms with van der Waals surface area (Å²) >= 11 is 1.15. The Labute approximate surface area is 132 Å². The van der Waals surface area contributed by atoms with Crippen LogP contribution in [0.3, 0.4) is 0 Å². The molecule has 2 N–H and O–H groups in total. The molecule has 1 aromatic heterocycles. The molecule has 2 aromatic rings. The average molecular weight is 338 g/mol. The number of thiophene rings is 1. The van der Waals surface area contributed by atoms with Gasteiger partial charge in [-0.2, -0.15) is 0 Å². The van der Waals surface area contributed by atoms with Crippen molar-refractivity contribution >= 4 is 39.0 Å².